The number of hydrogen-bond acceptors (Lipinski definition) is 5. The van der Waals surface area contributed by atoms with Crippen LogP contribution >= 0.6 is 0 Å². The van der Waals surface area contributed by atoms with Crippen molar-refractivity contribution in [1.82, 2.24) is 14.7 Å². The first-order valence-corrected chi connectivity index (χ1v) is 6.98. The SMILES string of the molecule is Cc1nn(CCC(=O)N2C[C@@H](C)O[C@@H](C)C2)cc1[N+](=O)[O-]. The third kappa shape index (κ3) is 3.78. The number of nitro groups is 1. The van der Waals surface area contributed by atoms with Gasteiger partial charge in [-0.3, -0.25) is 19.6 Å². The Hall–Kier alpha value is -1.96. The van der Waals surface area contributed by atoms with E-state index in [4.69, 9.17) is 4.74 Å². The molecule has 1 aromatic rings. The normalized spacial score (nSPS) is 22.3. The largest absolute Gasteiger partial charge is 0.372 e. The number of aryl methyl sites for hydroxylation is 2. The van der Waals surface area contributed by atoms with Crippen molar-refractivity contribution in [3.63, 3.8) is 0 Å². The fraction of sp³-hybridized carbons (Fsp3) is 0.692. The van der Waals surface area contributed by atoms with Crippen LogP contribution < -0.4 is 0 Å². The average Bonchev–Trinajstić information content (AvgIpc) is 2.76. The summed E-state index contributed by atoms with van der Waals surface area (Å²) in [5, 5.41) is 14.8. The Morgan fingerprint density at radius 3 is 2.62 bits per heavy atom. The second-order valence-electron chi connectivity index (χ2n) is 5.43. The summed E-state index contributed by atoms with van der Waals surface area (Å²) in [5.74, 6) is 0.0211. The molecule has 0 aliphatic carbocycles. The summed E-state index contributed by atoms with van der Waals surface area (Å²) in [6.45, 7) is 6.98. The van der Waals surface area contributed by atoms with Gasteiger partial charge in [-0.15, -0.1) is 0 Å². The zero-order valence-corrected chi connectivity index (χ0v) is 12.5. The third-order valence-corrected chi connectivity index (χ3v) is 3.44. The molecule has 0 radical (unpaired) electrons. The second kappa shape index (κ2) is 6.21. The molecule has 0 aromatic carbocycles. The molecule has 2 heterocycles. The lowest BCUT2D eigenvalue weighted by Gasteiger charge is -2.35. The van der Waals surface area contributed by atoms with E-state index in [2.05, 4.69) is 5.10 Å². The van der Waals surface area contributed by atoms with Crippen LogP contribution in [0.5, 0.6) is 0 Å². The summed E-state index contributed by atoms with van der Waals surface area (Å²) in [7, 11) is 0. The molecule has 1 aliphatic heterocycles. The van der Waals surface area contributed by atoms with E-state index in [0.717, 1.165) is 0 Å². The molecular weight excluding hydrogens is 276 g/mol. The highest BCUT2D eigenvalue weighted by molar-refractivity contribution is 5.76. The predicted molar refractivity (Wildman–Crippen MR) is 74.8 cm³/mol. The van der Waals surface area contributed by atoms with Gasteiger partial charge in [0.15, 0.2) is 0 Å². The number of nitrogens with zero attached hydrogens (tertiary/aromatic N) is 4. The fourth-order valence-corrected chi connectivity index (χ4v) is 2.55. The van der Waals surface area contributed by atoms with Crippen LogP contribution in [0.2, 0.25) is 0 Å². The van der Waals surface area contributed by atoms with E-state index < -0.39 is 4.92 Å². The number of carbonyl (C=O) groups is 1. The quantitative estimate of drug-likeness (QED) is 0.613. The van der Waals surface area contributed by atoms with Crippen LogP contribution in [0.3, 0.4) is 0 Å². The molecule has 0 bridgehead atoms. The van der Waals surface area contributed by atoms with Gasteiger partial charge in [-0.05, 0) is 20.8 Å². The molecule has 8 heteroatoms. The average molecular weight is 296 g/mol. The van der Waals surface area contributed by atoms with Crippen molar-refractivity contribution < 1.29 is 14.5 Å². The summed E-state index contributed by atoms with van der Waals surface area (Å²) in [6.07, 6.45) is 1.71. The molecule has 116 valence electrons. The van der Waals surface area contributed by atoms with Crippen LogP contribution in [-0.2, 0) is 16.1 Å². The van der Waals surface area contributed by atoms with Crippen molar-refractivity contribution in [2.75, 3.05) is 13.1 Å². The van der Waals surface area contributed by atoms with Crippen LogP contribution in [0.25, 0.3) is 0 Å². The van der Waals surface area contributed by atoms with E-state index in [-0.39, 0.29) is 30.2 Å². The monoisotopic (exact) mass is 296 g/mol. The van der Waals surface area contributed by atoms with E-state index in [1.807, 2.05) is 13.8 Å². The number of hydrogen-bond donors (Lipinski definition) is 0. The maximum absolute atomic E-state index is 12.2. The maximum Gasteiger partial charge on any atom is 0.309 e. The Labute approximate surface area is 122 Å². The lowest BCUT2D eigenvalue weighted by Crippen LogP contribution is -2.48. The van der Waals surface area contributed by atoms with Gasteiger partial charge in [0.25, 0.3) is 0 Å². The van der Waals surface area contributed by atoms with Gasteiger partial charge >= 0.3 is 5.69 Å². The lowest BCUT2D eigenvalue weighted by molar-refractivity contribution is -0.385. The molecular formula is C13H20N4O4. The Morgan fingerprint density at radius 2 is 2.10 bits per heavy atom. The Morgan fingerprint density at radius 1 is 1.48 bits per heavy atom. The molecule has 0 spiro atoms. The minimum atomic E-state index is -0.466. The van der Waals surface area contributed by atoms with Gasteiger partial charge in [0.1, 0.15) is 11.9 Å². The molecule has 1 saturated heterocycles. The zero-order chi connectivity index (χ0) is 15.6. The van der Waals surface area contributed by atoms with Crippen LogP contribution in [0.15, 0.2) is 6.20 Å². The van der Waals surface area contributed by atoms with Gasteiger partial charge in [-0.25, -0.2) is 0 Å². The minimum Gasteiger partial charge on any atom is -0.372 e. The summed E-state index contributed by atoms with van der Waals surface area (Å²) in [5.41, 5.74) is 0.345. The summed E-state index contributed by atoms with van der Waals surface area (Å²) in [4.78, 5) is 24.3. The zero-order valence-electron chi connectivity index (χ0n) is 12.5. The number of rotatable bonds is 4. The van der Waals surface area contributed by atoms with Gasteiger partial charge in [0, 0.05) is 26.1 Å². The van der Waals surface area contributed by atoms with Crippen LogP contribution in [0.1, 0.15) is 26.0 Å². The van der Waals surface area contributed by atoms with Crippen LogP contribution in [-0.4, -0.2) is 50.8 Å². The second-order valence-corrected chi connectivity index (χ2v) is 5.43. The van der Waals surface area contributed by atoms with E-state index in [0.29, 0.717) is 25.3 Å². The van der Waals surface area contributed by atoms with Crippen molar-refractivity contribution >= 4 is 11.6 Å². The van der Waals surface area contributed by atoms with Gasteiger partial charge in [-0.1, -0.05) is 0 Å². The molecule has 1 fully saturated rings. The van der Waals surface area contributed by atoms with Crippen molar-refractivity contribution in [3.8, 4) is 0 Å². The van der Waals surface area contributed by atoms with Gasteiger partial charge < -0.3 is 9.64 Å². The smallest absolute Gasteiger partial charge is 0.309 e. The number of morpholine rings is 1. The molecule has 0 saturated carbocycles. The van der Waals surface area contributed by atoms with Crippen LogP contribution in [0.4, 0.5) is 5.69 Å². The standard InChI is InChI=1S/C13H20N4O4/c1-9-6-15(7-10(2)21-9)13(18)4-5-16-8-12(17(19)20)11(3)14-16/h8-10H,4-7H2,1-3H3/t9-,10+. The predicted octanol–water partition coefficient (Wildman–Crippen LogP) is 1.13. The Bertz CT molecular complexity index is 532. The molecule has 0 N–H and O–H groups in total. The molecule has 2 rings (SSSR count). The van der Waals surface area contributed by atoms with E-state index in [9.17, 15) is 14.9 Å². The van der Waals surface area contributed by atoms with E-state index in [1.165, 1.54) is 10.9 Å². The number of aromatic nitrogens is 2. The Kier molecular flexibility index (Phi) is 4.56. The fourth-order valence-electron chi connectivity index (χ4n) is 2.55. The van der Waals surface area contributed by atoms with Crippen molar-refractivity contribution in [1.29, 1.82) is 0 Å². The first kappa shape index (κ1) is 15.4. The highest BCUT2D eigenvalue weighted by Crippen LogP contribution is 2.16. The van der Waals surface area contributed by atoms with E-state index >= 15 is 0 Å². The summed E-state index contributed by atoms with van der Waals surface area (Å²) >= 11 is 0. The molecule has 8 nitrogen and oxygen atoms in total. The molecule has 1 aliphatic rings. The lowest BCUT2D eigenvalue weighted by atomic mass is 10.2. The van der Waals surface area contributed by atoms with Crippen molar-refractivity contribution in [3.05, 3.63) is 22.0 Å². The molecule has 1 aromatic heterocycles. The molecule has 2 atom stereocenters. The molecule has 0 unspecified atom stereocenters. The van der Waals surface area contributed by atoms with Crippen molar-refractivity contribution in [2.45, 2.75) is 45.9 Å². The maximum atomic E-state index is 12.2. The highest BCUT2D eigenvalue weighted by atomic mass is 16.6. The third-order valence-electron chi connectivity index (χ3n) is 3.44. The summed E-state index contributed by atoms with van der Waals surface area (Å²) < 4.78 is 7.05. The van der Waals surface area contributed by atoms with Crippen LogP contribution in [0, 0.1) is 17.0 Å². The van der Waals surface area contributed by atoms with Gasteiger partial charge in [0.05, 0.1) is 17.1 Å². The number of carbonyl (C=O) groups excluding carboxylic acids is 1. The van der Waals surface area contributed by atoms with E-state index in [1.54, 1.807) is 11.8 Å². The Balaban J connectivity index is 1.92. The first-order valence-electron chi connectivity index (χ1n) is 6.98. The summed E-state index contributed by atoms with van der Waals surface area (Å²) in [6, 6.07) is 0. The molecule has 21 heavy (non-hydrogen) atoms. The minimum absolute atomic E-state index is 0.0175. The number of amides is 1. The first-order chi connectivity index (χ1) is 9.86. The number of ether oxygens (including phenoxy) is 1. The van der Waals surface area contributed by atoms with Gasteiger partial charge in [-0.2, -0.15) is 5.10 Å². The highest BCUT2D eigenvalue weighted by Gasteiger charge is 2.25. The van der Waals surface area contributed by atoms with Crippen molar-refractivity contribution in [2.24, 2.45) is 0 Å². The molecule has 1 amide bonds. The van der Waals surface area contributed by atoms with Gasteiger partial charge in [0.2, 0.25) is 5.91 Å². The topological polar surface area (TPSA) is 90.5 Å².